The van der Waals surface area contributed by atoms with Crippen molar-refractivity contribution in [2.75, 3.05) is 6.54 Å². The molecule has 0 aromatic rings. The molecule has 0 rings (SSSR count). The minimum absolute atomic E-state index is 0.0692. The topological polar surface area (TPSA) is 41.5 Å². The highest BCUT2D eigenvalue weighted by atomic mass is 35.5. The molecular weight excluding hydrogens is 214 g/mol. The van der Waals surface area contributed by atoms with Gasteiger partial charge in [0.25, 0.3) is 0 Å². The summed E-state index contributed by atoms with van der Waals surface area (Å²) in [7, 11) is 0. The molecule has 0 saturated carbocycles. The van der Waals surface area contributed by atoms with Gasteiger partial charge in [0.2, 0.25) is 0 Å². The van der Waals surface area contributed by atoms with Crippen LogP contribution in [0.5, 0.6) is 0 Å². The van der Waals surface area contributed by atoms with Gasteiger partial charge in [0.15, 0.2) is 6.29 Å². The van der Waals surface area contributed by atoms with E-state index in [0.29, 0.717) is 6.42 Å². The van der Waals surface area contributed by atoms with E-state index >= 15 is 0 Å². The van der Waals surface area contributed by atoms with Crippen molar-refractivity contribution in [2.24, 2.45) is 5.41 Å². The van der Waals surface area contributed by atoms with Gasteiger partial charge in [0.05, 0.1) is 11.9 Å². The third-order valence-electron chi connectivity index (χ3n) is 3.17. The molecule has 0 heterocycles. The molecule has 2 N–H and O–H groups in total. The van der Waals surface area contributed by atoms with E-state index in [1.807, 2.05) is 0 Å². The Morgan fingerprint density at radius 1 is 1.27 bits per heavy atom. The van der Waals surface area contributed by atoms with Crippen molar-refractivity contribution >= 4 is 11.9 Å². The summed E-state index contributed by atoms with van der Waals surface area (Å²) in [5.74, 6) is 0. The lowest BCUT2D eigenvalue weighted by atomic mass is 9.76. The Balaban J connectivity index is 3.77. The molecule has 0 bridgehead atoms. The van der Waals surface area contributed by atoms with Crippen molar-refractivity contribution in [3.05, 3.63) is 0 Å². The maximum Gasteiger partial charge on any atom is 0.174 e. The summed E-state index contributed by atoms with van der Waals surface area (Å²) in [5, 5.41) is 12.5. The zero-order valence-electron chi connectivity index (χ0n) is 10.4. The lowest BCUT2D eigenvalue weighted by molar-refractivity contribution is -0.0180. The number of rotatable bonds is 6. The third kappa shape index (κ3) is 5.71. The van der Waals surface area contributed by atoms with Gasteiger partial charge in [-0.05, 0) is 32.2 Å². The number of halogens is 1. The first-order chi connectivity index (χ1) is 6.70. The van der Waals surface area contributed by atoms with Crippen molar-refractivity contribution < 1.29 is 9.40 Å². The maximum atomic E-state index is 9.07. The van der Waals surface area contributed by atoms with Crippen molar-refractivity contribution in [2.45, 2.75) is 59.3 Å². The second-order valence-corrected chi connectivity index (χ2v) is 5.67. The van der Waals surface area contributed by atoms with E-state index in [0.717, 1.165) is 13.0 Å². The first kappa shape index (κ1) is 15.2. The molecule has 0 aliphatic rings. The van der Waals surface area contributed by atoms with Gasteiger partial charge in [0.1, 0.15) is 0 Å². The van der Waals surface area contributed by atoms with Crippen LogP contribution in [0.2, 0.25) is 0 Å². The van der Waals surface area contributed by atoms with Gasteiger partial charge in [-0.25, -0.2) is 4.29 Å². The van der Waals surface area contributed by atoms with E-state index in [9.17, 15) is 0 Å². The fraction of sp³-hybridized carbons (Fsp3) is 1.00. The molecule has 0 fully saturated rings. The molecule has 0 aromatic carbocycles. The Bertz CT molecular complexity index is 178. The van der Waals surface area contributed by atoms with E-state index in [-0.39, 0.29) is 11.0 Å². The molecule has 4 heteroatoms. The zero-order valence-corrected chi connectivity index (χ0v) is 11.2. The van der Waals surface area contributed by atoms with Gasteiger partial charge >= 0.3 is 0 Å². The Morgan fingerprint density at radius 3 is 2.20 bits per heavy atom. The van der Waals surface area contributed by atoms with Crippen LogP contribution in [0, 0.1) is 5.41 Å². The molecule has 0 amide bonds. The molecule has 0 aliphatic heterocycles. The molecule has 1 atom stereocenters. The predicted molar refractivity (Wildman–Crippen MR) is 63.7 cm³/mol. The van der Waals surface area contributed by atoms with Gasteiger partial charge in [0, 0.05) is 12.0 Å². The molecule has 15 heavy (non-hydrogen) atoms. The standard InChI is InChI=1S/C11H24ClNO2/c1-10(2,3)11(4,5)13-8-6-7-9(14)15-12/h9,13-14H,6-8H2,1-5H3. The van der Waals surface area contributed by atoms with Crippen molar-refractivity contribution in [3.63, 3.8) is 0 Å². The molecule has 3 nitrogen and oxygen atoms in total. The van der Waals surface area contributed by atoms with Crippen LogP contribution in [0.15, 0.2) is 0 Å². The van der Waals surface area contributed by atoms with E-state index in [4.69, 9.17) is 17.0 Å². The summed E-state index contributed by atoms with van der Waals surface area (Å²) >= 11 is 5.02. The smallest absolute Gasteiger partial charge is 0.174 e. The minimum atomic E-state index is -0.855. The van der Waals surface area contributed by atoms with Crippen molar-refractivity contribution in [1.82, 2.24) is 5.32 Å². The van der Waals surface area contributed by atoms with E-state index in [1.54, 1.807) is 0 Å². The molecule has 0 saturated heterocycles. The quantitative estimate of drug-likeness (QED) is 0.551. The molecule has 0 aliphatic carbocycles. The van der Waals surface area contributed by atoms with E-state index < -0.39 is 6.29 Å². The summed E-state index contributed by atoms with van der Waals surface area (Å²) < 4.78 is 4.25. The maximum absolute atomic E-state index is 9.07. The number of hydrogen-bond acceptors (Lipinski definition) is 3. The molecule has 0 radical (unpaired) electrons. The van der Waals surface area contributed by atoms with Crippen LogP contribution in [0.25, 0.3) is 0 Å². The summed E-state index contributed by atoms with van der Waals surface area (Å²) in [4.78, 5) is 0. The van der Waals surface area contributed by atoms with Crippen LogP contribution in [-0.2, 0) is 4.29 Å². The molecule has 1 unspecified atom stereocenters. The largest absolute Gasteiger partial charge is 0.367 e. The van der Waals surface area contributed by atoms with Gasteiger partial charge < -0.3 is 10.4 Å². The van der Waals surface area contributed by atoms with Crippen molar-refractivity contribution in [3.8, 4) is 0 Å². The van der Waals surface area contributed by atoms with Crippen LogP contribution in [-0.4, -0.2) is 23.5 Å². The Labute approximate surface area is 98.3 Å². The van der Waals surface area contributed by atoms with Crippen LogP contribution in [0.1, 0.15) is 47.5 Å². The average Bonchev–Trinajstić information content (AvgIpc) is 2.10. The van der Waals surface area contributed by atoms with E-state index in [1.165, 1.54) is 0 Å². The van der Waals surface area contributed by atoms with Gasteiger partial charge in [-0.3, -0.25) is 0 Å². The minimum Gasteiger partial charge on any atom is -0.367 e. The van der Waals surface area contributed by atoms with Crippen molar-refractivity contribution in [1.29, 1.82) is 0 Å². The van der Waals surface area contributed by atoms with Crippen LogP contribution < -0.4 is 5.32 Å². The Kier molecular flexibility index (Phi) is 6.11. The second-order valence-electron chi connectivity index (χ2n) is 5.49. The van der Waals surface area contributed by atoms with Crippen LogP contribution in [0.4, 0.5) is 0 Å². The highest BCUT2D eigenvalue weighted by Crippen LogP contribution is 2.29. The highest BCUT2D eigenvalue weighted by Gasteiger charge is 2.31. The Hall–Kier alpha value is 0.170. The normalized spacial score (nSPS) is 15.4. The first-order valence-corrected chi connectivity index (χ1v) is 5.72. The molecule has 0 spiro atoms. The molecular formula is C11H24ClNO2. The van der Waals surface area contributed by atoms with Gasteiger partial charge in [-0.2, -0.15) is 0 Å². The number of aliphatic hydroxyl groups excluding tert-OH is 1. The zero-order chi connectivity index (χ0) is 12.1. The number of aliphatic hydroxyl groups is 1. The monoisotopic (exact) mass is 237 g/mol. The van der Waals surface area contributed by atoms with Gasteiger partial charge in [-0.15, -0.1) is 0 Å². The average molecular weight is 238 g/mol. The lowest BCUT2D eigenvalue weighted by Gasteiger charge is -2.40. The fourth-order valence-electron chi connectivity index (χ4n) is 0.987. The fourth-order valence-corrected chi connectivity index (χ4v) is 1.08. The van der Waals surface area contributed by atoms with Gasteiger partial charge in [-0.1, -0.05) is 20.8 Å². The summed E-state index contributed by atoms with van der Waals surface area (Å²) in [5.41, 5.74) is 0.272. The van der Waals surface area contributed by atoms with Crippen LogP contribution in [0.3, 0.4) is 0 Å². The summed E-state index contributed by atoms with van der Waals surface area (Å²) in [6.07, 6.45) is 0.538. The third-order valence-corrected chi connectivity index (χ3v) is 3.38. The highest BCUT2D eigenvalue weighted by molar-refractivity contribution is 6.07. The predicted octanol–water partition coefficient (Wildman–Crippen LogP) is 2.67. The number of nitrogens with one attached hydrogen (secondary N) is 1. The second kappa shape index (κ2) is 6.04. The summed E-state index contributed by atoms with van der Waals surface area (Å²) in [6, 6.07) is 0. The summed E-state index contributed by atoms with van der Waals surface area (Å²) in [6.45, 7) is 11.8. The van der Waals surface area contributed by atoms with Crippen LogP contribution >= 0.6 is 11.9 Å². The molecule has 92 valence electrons. The van der Waals surface area contributed by atoms with E-state index in [2.05, 4.69) is 44.2 Å². The number of hydrogen-bond donors (Lipinski definition) is 2. The first-order valence-electron chi connectivity index (χ1n) is 5.41. The lowest BCUT2D eigenvalue weighted by Crippen LogP contribution is -2.50. The molecule has 0 aromatic heterocycles. The Morgan fingerprint density at radius 2 is 1.80 bits per heavy atom. The SMILES string of the molecule is CC(C)(C)C(C)(C)NCCCC(O)OCl.